The molecule has 224 valence electrons. The zero-order valence-electron chi connectivity index (χ0n) is 25.8. The smallest absolute Gasteiger partial charge is 0.399 e. The third kappa shape index (κ3) is 4.36. The molecule has 1 spiro atoms. The zero-order valence-corrected chi connectivity index (χ0v) is 25.8. The van der Waals surface area contributed by atoms with Crippen LogP contribution in [0.2, 0.25) is 0 Å². The van der Waals surface area contributed by atoms with E-state index < -0.39 is 23.7 Å². The number of aliphatic hydroxyl groups excluding tert-OH is 1. The first-order valence-electron chi connectivity index (χ1n) is 15.9. The minimum Gasteiger partial charge on any atom is -0.399 e. The molecule has 6 aliphatic rings. The molecule has 8 nitrogen and oxygen atoms in total. The maximum Gasteiger partial charge on any atom is 0.494 e. The van der Waals surface area contributed by atoms with Crippen molar-refractivity contribution in [2.24, 2.45) is 5.41 Å². The Kier molecular flexibility index (Phi) is 6.56. The molecule has 41 heavy (non-hydrogen) atoms. The molecule has 0 radical (unpaired) electrons. The minimum atomic E-state index is -0.459. The fourth-order valence-corrected chi connectivity index (χ4v) is 8.36. The second-order valence-corrected chi connectivity index (χ2v) is 15.5. The highest BCUT2D eigenvalue weighted by molar-refractivity contribution is 6.62. The van der Waals surface area contributed by atoms with E-state index in [1.807, 2.05) is 0 Å². The van der Waals surface area contributed by atoms with Gasteiger partial charge in [0.2, 0.25) is 5.91 Å². The SMILES string of the molecule is CC1(C)C[C@@H](CO)N(C2CC(N3C(=O)C4(CCN(C5COC5)CC4)c4ccc(B5OC(C)(C)C(C)(C)O5)cc43)C2)C1. The van der Waals surface area contributed by atoms with E-state index in [1.54, 1.807) is 0 Å². The minimum absolute atomic E-state index is 0.181. The highest BCUT2D eigenvalue weighted by Crippen LogP contribution is 2.52. The van der Waals surface area contributed by atoms with Crippen LogP contribution in [0.15, 0.2) is 18.2 Å². The van der Waals surface area contributed by atoms with Gasteiger partial charge in [0.05, 0.1) is 42.5 Å². The van der Waals surface area contributed by atoms with Gasteiger partial charge < -0.3 is 24.1 Å². The van der Waals surface area contributed by atoms with E-state index in [0.717, 1.165) is 76.1 Å². The molecule has 1 amide bonds. The Morgan fingerprint density at radius 3 is 2.20 bits per heavy atom. The molecule has 1 atom stereocenters. The predicted molar refractivity (Wildman–Crippen MR) is 160 cm³/mol. The molecule has 5 aliphatic heterocycles. The molecule has 7 rings (SSSR count). The summed E-state index contributed by atoms with van der Waals surface area (Å²) in [5.74, 6) is 0.284. The second-order valence-electron chi connectivity index (χ2n) is 15.5. The monoisotopic (exact) mass is 565 g/mol. The van der Waals surface area contributed by atoms with Crippen molar-refractivity contribution in [3.63, 3.8) is 0 Å². The summed E-state index contributed by atoms with van der Waals surface area (Å²) in [4.78, 5) is 21.8. The lowest BCUT2D eigenvalue weighted by Crippen LogP contribution is -2.60. The van der Waals surface area contributed by atoms with Crippen LogP contribution in [0.3, 0.4) is 0 Å². The van der Waals surface area contributed by atoms with Crippen LogP contribution in [-0.4, -0.2) is 103 Å². The van der Waals surface area contributed by atoms with E-state index in [-0.39, 0.29) is 30.0 Å². The number of benzene rings is 1. The summed E-state index contributed by atoms with van der Waals surface area (Å²) < 4.78 is 18.3. The number of rotatable bonds is 5. The summed E-state index contributed by atoms with van der Waals surface area (Å²) in [7, 11) is -0.453. The molecule has 1 aliphatic carbocycles. The van der Waals surface area contributed by atoms with Crippen molar-refractivity contribution in [1.82, 2.24) is 9.80 Å². The van der Waals surface area contributed by atoms with E-state index in [2.05, 4.69) is 74.4 Å². The first kappa shape index (κ1) is 28.3. The van der Waals surface area contributed by atoms with Crippen LogP contribution in [0.1, 0.15) is 79.2 Å². The van der Waals surface area contributed by atoms with Gasteiger partial charge in [-0.2, -0.15) is 0 Å². The Hall–Kier alpha value is -1.49. The fourth-order valence-electron chi connectivity index (χ4n) is 8.36. The summed E-state index contributed by atoms with van der Waals surface area (Å²) in [5, 5.41) is 10.1. The maximum atomic E-state index is 14.6. The third-order valence-corrected chi connectivity index (χ3v) is 11.7. The highest BCUT2D eigenvalue weighted by atomic mass is 16.7. The normalized spacial score (nSPS) is 34.2. The van der Waals surface area contributed by atoms with Gasteiger partial charge in [0.1, 0.15) is 0 Å². The molecule has 0 bridgehead atoms. The van der Waals surface area contributed by atoms with E-state index in [9.17, 15) is 9.90 Å². The van der Waals surface area contributed by atoms with Gasteiger partial charge in [-0.1, -0.05) is 26.0 Å². The quantitative estimate of drug-likeness (QED) is 0.551. The average Bonchev–Trinajstić information content (AvgIpc) is 3.37. The van der Waals surface area contributed by atoms with E-state index in [1.165, 1.54) is 5.56 Å². The van der Waals surface area contributed by atoms with Gasteiger partial charge in [-0.05, 0) is 95.4 Å². The van der Waals surface area contributed by atoms with Gasteiger partial charge in [0.25, 0.3) is 0 Å². The number of hydrogen-bond donors (Lipinski definition) is 1. The molecule has 1 aromatic carbocycles. The maximum absolute atomic E-state index is 14.6. The molecule has 4 saturated heterocycles. The number of carbonyl (C=O) groups excluding carboxylic acids is 1. The number of aliphatic hydroxyl groups is 1. The molecule has 0 aromatic heterocycles. The van der Waals surface area contributed by atoms with E-state index >= 15 is 0 Å². The molecule has 1 N–H and O–H groups in total. The third-order valence-electron chi connectivity index (χ3n) is 11.7. The first-order valence-corrected chi connectivity index (χ1v) is 15.9. The summed E-state index contributed by atoms with van der Waals surface area (Å²) in [5.41, 5.74) is 2.16. The molecule has 1 saturated carbocycles. The van der Waals surface area contributed by atoms with Crippen molar-refractivity contribution >= 4 is 24.2 Å². The van der Waals surface area contributed by atoms with Crippen molar-refractivity contribution in [3.05, 3.63) is 23.8 Å². The van der Waals surface area contributed by atoms with Gasteiger partial charge in [-0.3, -0.25) is 14.6 Å². The van der Waals surface area contributed by atoms with Crippen LogP contribution in [0.25, 0.3) is 0 Å². The van der Waals surface area contributed by atoms with Gasteiger partial charge in [0, 0.05) is 30.4 Å². The van der Waals surface area contributed by atoms with Crippen molar-refractivity contribution in [1.29, 1.82) is 0 Å². The van der Waals surface area contributed by atoms with E-state index in [4.69, 9.17) is 14.0 Å². The van der Waals surface area contributed by atoms with Crippen LogP contribution >= 0.6 is 0 Å². The standard InChI is InChI=1S/C32H48BN3O5/c1-29(2)16-24(17-37)35(20-29)22-14-23(15-22)36-27-13-21(33-40-30(3,4)31(5,6)41-33)7-8-26(27)32(28(36)38)9-11-34(12-10-32)25-18-39-19-25/h7-8,13,22-25,37H,9-12,14-20H2,1-6H3/t22?,23?,24-/m0/s1. The average molecular weight is 566 g/mol. The Balaban J connectivity index is 1.17. The van der Waals surface area contributed by atoms with Crippen molar-refractivity contribution in [2.75, 3.05) is 44.4 Å². The molecule has 9 heteroatoms. The lowest BCUT2D eigenvalue weighted by Gasteiger charge is -2.48. The van der Waals surface area contributed by atoms with Gasteiger partial charge in [0.15, 0.2) is 0 Å². The first-order chi connectivity index (χ1) is 19.3. The van der Waals surface area contributed by atoms with Crippen molar-refractivity contribution < 1.29 is 23.9 Å². The topological polar surface area (TPSA) is 74.7 Å². The largest absolute Gasteiger partial charge is 0.494 e. The number of anilines is 1. The second kappa shape index (κ2) is 9.51. The van der Waals surface area contributed by atoms with Gasteiger partial charge in [-0.25, -0.2) is 0 Å². The Labute approximate surface area is 245 Å². The molecule has 5 fully saturated rings. The Morgan fingerprint density at radius 1 is 0.951 bits per heavy atom. The van der Waals surface area contributed by atoms with Crippen LogP contribution in [0.5, 0.6) is 0 Å². The number of amides is 1. The highest BCUT2D eigenvalue weighted by Gasteiger charge is 2.58. The number of nitrogens with zero attached hydrogens (tertiary/aromatic N) is 3. The van der Waals surface area contributed by atoms with Crippen molar-refractivity contribution in [3.8, 4) is 0 Å². The van der Waals surface area contributed by atoms with Crippen LogP contribution in [0.4, 0.5) is 5.69 Å². The summed E-state index contributed by atoms with van der Waals surface area (Å²) in [6.45, 7) is 17.6. The van der Waals surface area contributed by atoms with Crippen LogP contribution < -0.4 is 10.4 Å². The predicted octanol–water partition coefficient (Wildman–Crippen LogP) is 2.69. The van der Waals surface area contributed by atoms with E-state index in [0.29, 0.717) is 12.1 Å². The lowest BCUT2D eigenvalue weighted by atomic mass is 9.71. The number of likely N-dealkylation sites (tertiary alicyclic amines) is 2. The lowest BCUT2D eigenvalue weighted by molar-refractivity contribution is -0.128. The molecule has 0 unspecified atom stereocenters. The van der Waals surface area contributed by atoms with Gasteiger partial charge in [-0.15, -0.1) is 0 Å². The summed E-state index contributed by atoms with van der Waals surface area (Å²) in [6, 6.07) is 7.85. The molecule has 5 heterocycles. The summed E-state index contributed by atoms with van der Waals surface area (Å²) in [6.07, 6.45) is 4.65. The van der Waals surface area contributed by atoms with Gasteiger partial charge >= 0.3 is 7.12 Å². The number of hydrogen-bond acceptors (Lipinski definition) is 7. The molecule has 1 aromatic rings. The molecular formula is C32H48BN3O5. The van der Waals surface area contributed by atoms with Crippen molar-refractivity contribution in [2.45, 2.75) is 114 Å². The number of ether oxygens (including phenoxy) is 1. The number of fused-ring (bicyclic) bond motifs is 2. The number of piperidine rings is 1. The Bertz CT molecular complexity index is 1190. The van der Waals surface area contributed by atoms with Crippen LogP contribution in [0, 0.1) is 5.41 Å². The van der Waals surface area contributed by atoms with Crippen LogP contribution in [-0.2, 0) is 24.3 Å². The molecular weight excluding hydrogens is 517 g/mol. The zero-order chi connectivity index (χ0) is 28.9. The summed E-state index contributed by atoms with van der Waals surface area (Å²) >= 11 is 0. The number of carbonyl (C=O) groups is 1. The Morgan fingerprint density at radius 2 is 1.61 bits per heavy atom. The fraction of sp³-hybridized carbons (Fsp3) is 0.781.